The van der Waals surface area contributed by atoms with E-state index < -0.39 is 5.91 Å². The van der Waals surface area contributed by atoms with Gasteiger partial charge in [0, 0.05) is 5.56 Å². The van der Waals surface area contributed by atoms with E-state index in [0.29, 0.717) is 34.4 Å². The first-order valence-electron chi connectivity index (χ1n) is 7.58. The van der Waals surface area contributed by atoms with Crippen LogP contribution in [0.15, 0.2) is 48.0 Å². The number of benzene rings is 2. The minimum atomic E-state index is -0.556. The van der Waals surface area contributed by atoms with Crippen molar-refractivity contribution in [3.63, 3.8) is 0 Å². The summed E-state index contributed by atoms with van der Waals surface area (Å²) in [4.78, 5) is 12.4. The summed E-state index contributed by atoms with van der Waals surface area (Å²) in [6.45, 7) is 2.33. The summed E-state index contributed by atoms with van der Waals surface area (Å²) in [5.41, 5.74) is 0.927. The molecule has 2 aromatic carbocycles. The van der Waals surface area contributed by atoms with E-state index in [2.05, 4.69) is 5.32 Å². The quantitative estimate of drug-likeness (QED) is 0.619. The normalized spacial score (nSPS) is 10.7. The minimum absolute atomic E-state index is 0.0770. The minimum Gasteiger partial charge on any atom is -0.492 e. The fourth-order valence-corrected chi connectivity index (χ4v) is 2.37. The Balaban J connectivity index is 2.34. The van der Waals surface area contributed by atoms with Crippen molar-refractivity contribution in [3.05, 3.63) is 58.6 Å². The van der Waals surface area contributed by atoms with Gasteiger partial charge in [-0.2, -0.15) is 5.26 Å². The van der Waals surface area contributed by atoms with Gasteiger partial charge >= 0.3 is 0 Å². The molecule has 0 radical (unpaired) electrons. The summed E-state index contributed by atoms with van der Waals surface area (Å²) >= 11 is 6.03. The Morgan fingerprint density at radius 2 is 2.04 bits per heavy atom. The third-order valence-corrected chi connectivity index (χ3v) is 3.63. The van der Waals surface area contributed by atoms with Gasteiger partial charge in [0.25, 0.3) is 5.91 Å². The molecule has 1 N–H and O–H groups in total. The highest BCUT2D eigenvalue weighted by Gasteiger charge is 2.14. The van der Waals surface area contributed by atoms with Gasteiger partial charge in [0.2, 0.25) is 0 Å². The third kappa shape index (κ3) is 4.52. The van der Waals surface area contributed by atoms with E-state index in [1.165, 1.54) is 13.2 Å². The molecule has 0 unspecified atom stereocenters. The number of carbonyl (C=O) groups is 1. The molecule has 25 heavy (non-hydrogen) atoms. The van der Waals surface area contributed by atoms with Crippen molar-refractivity contribution >= 4 is 29.3 Å². The second-order valence-electron chi connectivity index (χ2n) is 4.92. The van der Waals surface area contributed by atoms with E-state index >= 15 is 0 Å². The fourth-order valence-electron chi connectivity index (χ4n) is 2.19. The van der Waals surface area contributed by atoms with Crippen molar-refractivity contribution in [3.8, 4) is 17.6 Å². The van der Waals surface area contributed by atoms with Gasteiger partial charge in [0.15, 0.2) is 11.5 Å². The molecule has 0 bridgehead atoms. The largest absolute Gasteiger partial charge is 0.492 e. The first-order valence-corrected chi connectivity index (χ1v) is 7.96. The van der Waals surface area contributed by atoms with Crippen molar-refractivity contribution in [2.75, 3.05) is 19.0 Å². The summed E-state index contributed by atoms with van der Waals surface area (Å²) in [6.07, 6.45) is 1.45. The summed E-state index contributed by atoms with van der Waals surface area (Å²) in [6, 6.07) is 14.0. The number of carbonyl (C=O) groups excluding carboxylic acids is 1. The number of methoxy groups -OCH3 is 1. The number of amides is 1. The van der Waals surface area contributed by atoms with Crippen LogP contribution in [0.2, 0.25) is 5.02 Å². The van der Waals surface area contributed by atoms with Crippen molar-refractivity contribution in [1.29, 1.82) is 5.26 Å². The van der Waals surface area contributed by atoms with Gasteiger partial charge in [-0.25, -0.2) is 0 Å². The number of hydrogen-bond donors (Lipinski definition) is 1. The van der Waals surface area contributed by atoms with Crippen LogP contribution in [0.3, 0.4) is 0 Å². The van der Waals surface area contributed by atoms with Gasteiger partial charge in [-0.1, -0.05) is 35.9 Å². The second-order valence-corrected chi connectivity index (χ2v) is 5.32. The zero-order valence-corrected chi connectivity index (χ0v) is 14.6. The molecule has 0 saturated carbocycles. The molecule has 1 amide bonds. The first kappa shape index (κ1) is 18.4. The second kappa shape index (κ2) is 8.76. The lowest BCUT2D eigenvalue weighted by Crippen LogP contribution is -2.13. The lowest BCUT2D eigenvalue weighted by Gasteiger charge is -2.12. The monoisotopic (exact) mass is 356 g/mol. The number of anilines is 1. The number of nitriles is 1. The molecule has 0 heterocycles. The molecule has 0 saturated heterocycles. The zero-order valence-electron chi connectivity index (χ0n) is 13.9. The van der Waals surface area contributed by atoms with Gasteiger partial charge in [-0.05, 0) is 31.2 Å². The average molecular weight is 357 g/mol. The molecule has 128 valence electrons. The van der Waals surface area contributed by atoms with E-state index in [-0.39, 0.29) is 5.57 Å². The molecule has 0 spiro atoms. The highest BCUT2D eigenvalue weighted by molar-refractivity contribution is 6.34. The Morgan fingerprint density at radius 3 is 2.68 bits per heavy atom. The van der Waals surface area contributed by atoms with Crippen LogP contribution in [0.1, 0.15) is 12.5 Å². The lowest BCUT2D eigenvalue weighted by molar-refractivity contribution is -0.112. The molecule has 2 aromatic rings. The van der Waals surface area contributed by atoms with Crippen LogP contribution in [0, 0.1) is 11.3 Å². The number of rotatable bonds is 6. The smallest absolute Gasteiger partial charge is 0.266 e. The highest BCUT2D eigenvalue weighted by atomic mass is 35.5. The predicted octanol–water partition coefficient (Wildman–Crippen LogP) is 4.29. The molecule has 6 heteroatoms. The van der Waals surface area contributed by atoms with E-state index in [9.17, 15) is 10.1 Å². The Kier molecular flexibility index (Phi) is 6.44. The van der Waals surface area contributed by atoms with Crippen LogP contribution in [-0.2, 0) is 4.79 Å². The van der Waals surface area contributed by atoms with Gasteiger partial charge in [0.05, 0.1) is 24.4 Å². The maximum atomic E-state index is 12.4. The summed E-state index contributed by atoms with van der Waals surface area (Å²) < 4.78 is 10.9. The summed E-state index contributed by atoms with van der Waals surface area (Å²) in [5, 5.41) is 12.4. The highest BCUT2D eigenvalue weighted by Crippen LogP contribution is 2.32. The maximum absolute atomic E-state index is 12.4. The van der Waals surface area contributed by atoms with E-state index in [0.717, 1.165) is 0 Å². The van der Waals surface area contributed by atoms with Crippen LogP contribution in [0.25, 0.3) is 6.08 Å². The standard InChI is InChI=1S/C19H17ClN2O3/c1-3-25-17-10-6-7-13(18(17)24-2)11-14(12-21)19(23)22-16-9-5-4-8-15(16)20/h4-11H,3H2,1-2H3,(H,22,23)/b14-11+. The number of para-hydroxylation sites is 2. The molecule has 5 nitrogen and oxygen atoms in total. The van der Waals surface area contributed by atoms with Crippen molar-refractivity contribution < 1.29 is 14.3 Å². The van der Waals surface area contributed by atoms with Gasteiger partial charge < -0.3 is 14.8 Å². The Morgan fingerprint density at radius 1 is 1.28 bits per heavy atom. The molecule has 0 aromatic heterocycles. The molecule has 0 aliphatic heterocycles. The van der Waals surface area contributed by atoms with Crippen LogP contribution in [0.4, 0.5) is 5.69 Å². The number of ether oxygens (including phenoxy) is 2. The van der Waals surface area contributed by atoms with Crippen molar-refractivity contribution in [2.24, 2.45) is 0 Å². The van der Waals surface area contributed by atoms with Gasteiger partial charge in [-0.3, -0.25) is 4.79 Å². The summed E-state index contributed by atoms with van der Waals surface area (Å²) in [7, 11) is 1.51. The fraction of sp³-hybridized carbons (Fsp3) is 0.158. The number of hydrogen-bond acceptors (Lipinski definition) is 4. The molecule has 2 rings (SSSR count). The molecule has 0 aliphatic carbocycles. The van der Waals surface area contributed by atoms with E-state index in [1.54, 1.807) is 42.5 Å². The lowest BCUT2D eigenvalue weighted by atomic mass is 10.1. The van der Waals surface area contributed by atoms with Crippen LogP contribution in [-0.4, -0.2) is 19.6 Å². The predicted molar refractivity (Wildman–Crippen MR) is 97.8 cm³/mol. The SMILES string of the molecule is CCOc1cccc(/C=C(\C#N)C(=O)Nc2ccccc2Cl)c1OC. The van der Waals surface area contributed by atoms with Gasteiger partial charge in [0.1, 0.15) is 11.6 Å². The number of nitrogens with zero attached hydrogens (tertiary/aromatic N) is 1. The van der Waals surface area contributed by atoms with Crippen LogP contribution >= 0.6 is 11.6 Å². The Bertz CT molecular complexity index is 841. The zero-order chi connectivity index (χ0) is 18.2. The summed E-state index contributed by atoms with van der Waals surface area (Å²) in [5.74, 6) is 0.449. The maximum Gasteiger partial charge on any atom is 0.266 e. The molecule has 0 aliphatic rings. The molecular formula is C19H17ClN2O3. The molecular weight excluding hydrogens is 340 g/mol. The topological polar surface area (TPSA) is 71.3 Å². The van der Waals surface area contributed by atoms with Crippen molar-refractivity contribution in [1.82, 2.24) is 0 Å². The van der Waals surface area contributed by atoms with E-state index in [1.807, 2.05) is 13.0 Å². The van der Waals surface area contributed by atoms with Crippen molar-refractivity contribution in [2.45, 2.75) is 6.92 Å². The van der Waals surface area contributed by atoms with E-state index in [4.69, 9.17) is 21.1 Å². The number of halogens is 1. The Labute approximate surface area is 151 Å². The van der Waals surface area contributed by atoms with Crippen LogP contribution in [0.5, 0.6) is 11.5 Å². The van der Waals surface area contributed by atoms with Crippen LogP contribution < -0.4 is 14.8 Å². The Hall–Kier alpha value is -2.97. The average Bonchev–Trinajstić information content (AvgIpc) is 2.62. The molecule has 0 atom stereocenters. The third-order valence-electron chi connectivity index (χ3n) is 3.30. The number of nitrogens with one attached hydrogen (secondary N) is 1. The first-order chi connectivity index (χ1) is 12.1. The van der Waals surface area contributed by atoms with Gasteiger partial charge in [-0.15, -0.1) is 0 Å². The molecule has 0 fully saturated rings.